The van der Waals surface area contributed by atoms with Crippen molar-refractivity contribution in [1.29, 1.82) is 5.26 Å². The quantitative estimate of drug-likeness (QED) is 0.893. The highest BCUT2D eigenvalue weighted by Crippen LogP contribution is 2.13. The highest BCUT2D eigenvalue weighted by molar-refractivity contribution is 5.94. The zero-order chi connectivity index (χ0) is 14.4. The maximum atomic E-state index is 11.8. The van der Waals surface area contributed by atoms with Crippen molar-refractivity contribution >= 4 is 17.3 Å². The summed E-state index contributed by atoms with van der Waals surface area (Å²) in [5.74, 6) is -0.187. The molecule has 0 fully saturated rings. The van der Waals surface area contributed by atoms with E-state index in [1.54, 1.807) is 24.3 Å². The highest BCUT2D eigenvalue weighted by atomic mass is 16.1. The third-order valence-corrected chi connectivity index (χ3v) is 2.83. The number of carbonyl (C=O) groups is 1. The van der Waals surface area contributed by atoms with E-state index in [0.29, 0.717) is 11.3 Å². The first kappa shape index (κ1) is 13.6. The lowest BCUT2D eigenvalue weighted by Crippen LogP contribution is -2.22. The van der Waals surface area contributed by atoms with Gasteiger partial charge in [-0.05, 0) is 31.2 Å². The molecule has 100 valence electrons. The maximum Gasteiger partial charge on any atom is 0.243 e. The average Bonchev–Trinajstić information content (AvgIpc) is 2.47. The normalized spacial score (nSPS) is 9.60. The van der Waals surface area contributed by atoms with E-state index >= 15 is 0 Å². The first-order chi connectivity index (χ1) is 9.69. The summed E-state index contributed by atoms with van der Waals surface area (Å²) in [5.41, 5.74) is 3.05. The standard InChI is InChI=1S/C16H15N3O/c1-12-6-8-14(9-7-12)18-11-16(20)19-15-5-3-2-4-13(15)10-17/h2-9,18H,11H2,1H3,(H,19,20). The van der Waals surface area contributed by atoms with Crippen LogP contribution in [-0.4, -0.2) is 12.5 Å². The molecule has 4 heteroatoms. The summed E-state index contributed by atoms with van der Waals surface area (Å²) >= 11 is 0. The van der Waals surface area contributed by atoms with Crippen LogP contribution >= 0.6 is 0 Å². The van der Waals surface area contributed by atoms with Crippen LogP contribution in [0.3, 0.4) is 0 Å². The van der Waals surface area contributed by atoms with Crippen LogP contribution in [0.1, 0.15) is 11.1 Å². The number of rotatable bonds is 4. The van der Waals surface area contributed by atoms with E-state index in [2.05, 4.69) is 10.6 Å². The largest absolute Gasteiger partial charge is 0.376 e. The van der Waals surface area contributed by atoms with Crippen molar-refractivity contribution in [1.82, 2.24) is 0 Å². The molecule has 0 aliphatic carbocycles. The number of nitrogens with zero attached hydrogens (tertiary/aromatic N) is 1. The number of anilines is 2. The van der Waals surface area contributed by atoms with Crippen LogP contribution in [0, 0.1) is 18.3 Å². The zero-order valence-electron chi connectivity index (χ0n) is 11.2. The van der Waals surface area contributed by atoms with E-state index in [-0.39, 0.29) is 12.5 Å². The Hall–Kier alpha value is -2.80. The molecule has 0 heterocycles. The summed E-state index contributed by atoms with van der Waals surface area (Å²) in [6, 6.07) is 16.8. The van der Waals surface area contributed by atoms with Crippen LogP contribution < -0.4 is 10.6 Å². The number of hydrogen-bond donors (Lipinski definition) is 2. The van der Waals surface area contributed by atoms with Crippen LogP contribution in [0.4, 0.5) is 11.4 Å². The molecule has 2 aromatic rings. The van der Waals surface area contributed by atoms with E-state index in [9.17, 15) is 4.79 Å². The van der Waals surface area contributed by atoms with Crippen LogP contribution in [0.25, 0.3) is 0 Å². The molecule has 0 atom stereocenters. The lowest BCUT2D eigenvalue weighted by atomic mass is 10.2. The third-order valence-electron chi connectivity index (χ3n) is 2.83. The van der Waals surface area contributed by atoms with E-state index in [0.717, 1.165) is 5.69 Å². The molecule has 0 aliphatic rings. The van der Waals surface area contributed by atoms with E-state index < -0.39 is 0 Å². The summed E-state index contributed by atoms with van der Waals surface area (Å²) in [6.45, 7) is 2.16. The molecule has 2 aromatic carbocycles. The Morgan fingerprint density at radius 1 is 1.15 bits per heavy atom. The molecule has 0 bridgehead atoms. The van der Waals surface area contributed by atoms with Gasteiger partial charge in [0, 0.05) is 5.69 Å². The molecule has 2 rings (SSSR count). The van der Waals surface area contributed by atoms with Crippen LogP contribution in [0.2, 0.25) is 0 Å². The summed E-state index contributed by atoms with van der Waals surface area (Å²) in [4.78, 5) is 11.8. The second kappa shape index (κ2) is 6.39. The van der Waals surface area contributed by atoms with E-state index in [1.807, 2.05) is 37.3 Å². The SMILES string of the molecule is Cc1ccc(NCC(=O)Nc2ccccc2C#N)cc1. The first-order valence-electron chi connectivity index (χ1n) is 6.28. The number of nitrogens with one attached hydrogen (secondary N) is 2. The molecule has 20 heavy (non-hydrogen) atoms. The van der Waals surface area contributed by atoms with Gasteiger partial charge in [-0.2, -0.15) is 5.26 Å². The molecular weight excluding hydrogens is 250 g/mol. The number of aryl methyl sites for hydroxylation is 1. The maximum absolute atomic E-state index is 11.8. The average molecular weight is 265 g/mol. The monoisotopic (exact) mass is 265 g/mol. The topological polar surface area (TPSA) is 64.9 Å². The van der Waals surface area contributed by atoms with Crippen molar-refractivity contribution in [3.05, 3.63) is 59.7 Å². The van der Waals surface area contributed by atoms with Crippen molar-refractivity contribution in [2.24, 2.45) is 0 Å². The second-order valence-corrected chi connectivity index (χ2v) is 4.43. The molecule has 0 aromatic heterocycles. The number of carbonyl (C=O) groups excluding carboxylic acids is 1. The van der Waals surface area contributed by atoms with Gasteiger partial charge in [0.15, 0.2) is 0 Å². The number of para-hydroxylation sites is 1. The minimum Gasteiger partial charge on any atom is -0.376 e. The Bertz CT molecular complexity index is 642. The molecule has 0 saturated heterocycles. The van der Waals surface area contributed by atoms with Gasteiger partial charge in [0.25, 0.3) is 0 Å². The van der Waals surface area contributed by atoms with Gasteiger partial charge >= 0.3 is 0 Å². The van der Waals surface area contributed by atoms with Gasteiger partial charge < -0.3 is 10.6 Å². The van der Waals surface area contributed by atoms with Crippen LogP contribution in [-0.2, 0) is 4.79 Å². The van der Waals surface area contributed by atoms with Crippen LogP contribution in [0.5, 0.6) is 0 Å². The molecule has 2 N–H and O–H groups in total. The molecule has 0 unspecified atom stereocenters. The smallest absolute Gasteiger partial charge is 0.243 e. The summed E-state index contributed by atoms with van der Waals surface area (Å²) in [6.07, 6.45) is 0. The van der Waals surface area contributed by atoms with Gasteiger partial charge in [-0.1, -0.05) is 29.8 Å². The van der Waals surface area contributed by atoms with Gasteiger partial charge in [-0.15, -0.1) is 0 Å². The first-order valence-corrected chi connectivity index (χ1v) is 6.28. The molecule has 0 spiro atoms. The molecule has 0 saturated carbocycles. The summed E-state index contributed by atoms with van der Waals surface area (Å²) in [5, 5.41) is 14.7. The number of benzene rings is 2. The van der Waals surface area contributed by atoms with Gasteiger partial charge in [0.2, 0.25) is 5.91 Å². The number of nitriles is 1. The fourth-order valence-corrected chi connectivity index (χ4v) is 1.74. The fourth-order valence-electron chi connectivity index (χ4n) is 1.74. The Balaban J connectivity index is 1.93. The minimum absolute atomic E-state index is 0.156. The van der Waals surface area contributed by atoms with Gasteiger partial charge in [0.05, 0.1) is 17.8 Å². The zero-order valence-corrected chi connectivity index (χ0v) is 11.2. The van der Waals surface area contributed by atoms with E-state index in [1.165, 1.54) is 5.56 Å². The van der Waals surface area contributed by atoms with Crippen molar-refractivity contribution in [3.63, 3.8) is 0 Å². The predicted molar refractivity (Wildman–Crippen MR) is 79.5 cm³/mol. The van der Waals surface area contributed by atoms with E-state index in [4.69, 9.17) is 5.26 Å². The van der Waals surface area contributed by atoms with Crippen molar-refractivity contribution in [3.8, 4) is 6.07 Å². The summed E-state index contributed by atoms with van der Waals surface area (Å²) in [7, 11) is 0. The number of hydrogen-bond acceptors (Lipinski definition) is 3. The lowest BCUT2D eigenvalue weighted by molar-refractivity contribution is -0.114. The highest BCUT2D eigenvalue weighted by Gasteiger charge is 2.05. The molecule has 0 aliphatic heterocycles. The van der Waals surface area contributed by atoms with Crippen molar-refractivity contribution in [2.45, 2.75) is 6.92 Å². The molecule has 4 nitrogen and oxygen atoms in total. The Morgan fingerprint density at radius 2 is 1.85 bits per heavy atom. The summed E-state index contributed by atoms with van der Waals surface area (Å²) < 4.78 is 0. The second-order valence-electron chi connectivity index (χ2n) is 4.43. The Morgan fingerprint density at radius 3 is 2.55 bits per heavy atom. The Kier molecular flexibility index (Phi) is 4.35. The van der Waals surface area contributed by atoms with Gasteiger partial charge in [-0.3, -0.25) is 4.79 Å². The van der Waals surface area contributed by atoms with Gasteiger partial charge in [-0.25, -0.2) is 0 Å². The fraction of sp³-hybridized carbons (Fsp3) is 0.125. The predicted octanol–water partition coefficient (Wildman–Crippen LogP) is 2.92. The molecular formula is C16H15N3O. The number of amides is 1. The lowest BCUT2D eigenvalue weighted by Gasteiger charge is -2.09. The van der Waals surface area contributed by atoms with Gasteiger partial charge in [0.1, 0.15) is 6.07 Å². The van der Waals surface area contributed by atoms with Crippen molar-refractivity contribution in [2.75, 3.05) is 17.2 Å². The minimum atomic E-state index is -0.187. The third kappa shape index (κ3) is 3.59. The van der Waals surface area contributed by atoms with Crippen molar-refractivity contribution < 1.29 is 4.79 Å². The van der Waals surface area contributed by atoms with Crippen LogP contribution in [0.15, 0.2) is 48.5 Å². The molecule has 1 amide bonds. The molecule has 0 radical (unpaired) electrons. The Labute approximate surface area is 118 Å².